The highest BCUT2D eigenvalue weighted by atomic mass is 35.5. The first-order valence-corrected chi connectivity index (χ1v) is 11.8. The predicted molar refractivity (Wildman–Crippen MR) is 144 cm³/mol. The summed E-state index contributed by atoms with van der Waals surface area (Å²) in [4.78, 5) is 9.48. The summed E-state index contributed by atoms with van der Waals surface area (Å²) in [6.45, 7) is 0. The van der Waals surface area contributed by atoms with Crippen LogP contribution in [0.4, 0.5) is 11.5 Å². The van der Waals surface area contributed by atoms with Gasteiger partial charge in [0.25, 0.3) is 0 Å². The van der Waals surface area contributed by atoms with Gasteiger partial charge in [-0.25, -0.2) is 9.97 Å². The van der Waals surface area contributed by atoms with Gasteiger partial charge >= 0.3 is 0 Å². The lowest BCUT2D eigenvalue weighted by molar-refractivity contribution is 1.08. The molecule has 6 rings (SSSR count). The Morgan fingerprint density at radius 3 is 1.89 bits per heavy atom. The van der Waals surface area contributed by atoms with Crippen LogP contribution in [0.1, 0.15) is 0 Å². The molecular weight excluding hydrogens is 452 g/mol. The van der Waals surface area contributed by atoms with Gasteiger partial charge in [0.2, 0.25) is 0 Å². The van der Waals surface area contributed by atoms with Gasteiger partial charge in [-0.3, -0.25) is 4.57 Å². The maximum atomic E-state index is 6.25. The fraction of sp³-hybridized carbons (Fsp3) is 0. The zero-order valence-electron chi connectivity index (χ0n) is 18.8. The van der Waals surface area contributed by atoms with Gasteiger partial charge in [0.05, 0.1) is 11.1 Å². The van der Waals surface area contributed by atoms with Crippen molar-refractivity contribution in [1.29, 1.82) is 0 Å². The summed E-state index contributed by atoms with van der Waals surface area (Å²) in [6, 6.07) is 38.8. The minimum atomic E-state index is 0.691. The number of hydrogen-bond donors (Lipinski definition) is 1. The second kappa shape index (κ2) is 9.09. The van der Waals surface area contributed by atoms with Crippen LogP contribution in [-0.2, 0) is 0 Å². The number of nitrogens with one attached hydrogen (secondary N) is 1. The molecule has 2 heterocycles. The van der Waals surface area contributed by atoms with Crippen LogP contribution in [0.3, 0.4) is 0 Å². The lowest BCUT2D eigenvalue weighted by Gasteiger charge is -2.13. The largest absolute Gasteiger partial charge is 0.340 e. The van der Waals surface area contributed by atoms with E-state index in [1.165, 1.54) is 0 Å². The maximum Gasteiger partial charge on any atom is 0.151 e. The molecule has 0 unspecified atom stereocenters. The van der Waals surface area contributed by atoms with E-state index in [0.29, 0.717) is 5.02 Å². The van der Waals surface area contributed by atoms with E-state index in [0.717, 1.165) is 50.6 Å². The molecule has 35 heavy (non-hydrogen) atoms. The third-order valence-corrected chi connectivity index (χ3v) is 6.23. The van der Waals surface area contributed by atoms with Crippen molar-refractivity contribution in [3.63, 3.8) is 0 Å². The summed E-state index contributed by atoms with van der Waals surface area (Å²) >= 11 is 6.25. The van der Waals surface area contributed by atoms with Crippen molar-refractivity contribution in [1.82, 2.24) is 14.5 Å². The molecule has 0 saturated carbocycles. The van der Waals surface area contributed by atoms with Crippen LogP contribution in [0.2, 0.25) is 5.02 Å². The van der Waals surface area contributed by atoms with Crippen molar-refractivity contribution < 1.29 is 0 Å². The molecule has 0 aliphatic carbocycles. The second-order valence-electron chi connectivity index (χ2n) is 8.18. The molecule has 2 aromatic heterocycles. The number of nitrogens with zero attached hydrogens (tertiary/aromatic N) is 3. The molecule has 6 aromatic rings. The van der Waals surface area contributed by atoms with Crippen LogP contribution in [0.5, 0.6) is 0 Å². The lowest BCUT2D eigenvalue weighted by Crippen LogP contribution is -1.99. The number of hydrogen-bond acceptors (Lipinski definition) is 3. The van der Waals surface area contributed by atoms with E-state index < -0.39 is 0 Å². The predicted octanol–water partition coefficient (Wildman–Crippen LogP) is 8.15. The third-order valence-electron chi connectivity index (χ3n) is 5.98. The molecule has 168 valence electrons. The molecule has 4 nitrogen and oxygen atoms in total. The van der Waals surface area contributed by atoms with Crippen molar-refractivity contribution in [3.05, 3.63) is 127 Å². The van der Waals surface area contributed by atoms with Crippen LogP contribution in [0.15, 0.2) is 122 Å². The molecular formula is C30H21ClN4. The Kier molecular flexibility index (Phi) is 5.49. The van der Waals surface area contributed by atoms with Crippen LogP contribution in [0.25, 0.3) is 39.1 Å². The van der Waals surface area contributed by atoms with Gasteiger partial charge in [0.1, 0.15) is 12.1 Å². The number of para-hydroxylation sites is 1. The SMILES string of the molecule is Clc1ccc(-n2c(-c3ccccc3)c(-c3ccccc3)c3c(Nc4ccccc4)ncnc32)cc1. The molecule has 0 fully saturated rings. The van der Waals surface area contributed by atoms with Gasteiger partial charge in [-0.05, 0) is 47.5 Å². The quantitative estimate of drug-likeness (QED) is 0.275. The van der Waals surface area contributed by atoms with E-state index in [2.05, 4.69) is 63.4 Å². The number of fused-ring (bicyclic) bond motifs is 1. The summed E-state index contributed by atoms with van der Waals surface area (Å²) in [7, 11) is 0. The van der Waals surface area contributed by atoms with Gasteiger partial charge in [-0.2, -0.15) is 0 Å². The molecule has 0 bridgehead atoms. The first kappa shape index (κ1) is 21.1. The third kappa shape index (κ3) is 3.94. The molecule has 5 heteroatoms. The van der Waals surface area contributed by atoms with Gasteiger partial charge in [-0.15, -0.1) is 0 Å². The molecule has 0 amide bonds. The summed E-state index contributed by atoms with van der Waals surface area (Å²) in [5, 5.41) is 5.17. The van der Waals surface area contributed by atoms with Gasteiger partial charge < -0.3 is 5.32 Å². The van der Waals surface area contributed by atoms with Crippen LogP contribution in [-0.4, -0.2) is 14.5 Å². The molecule has 0 atom stereocenters. The zero-order valence-corrected chi connectivity index (χ0v) is 19.5. The van der Waals surface area contributed by atoms with E-state index in [9.17, 15) is 0 Å². The van der Waals surface area contributed by atoms with Crippen molar-refractivity contribution in [2.45, 2.75) is 0 Å². The highest BCUT2D eigenvalue weighted by Crippen LogP contribution is 2.44. The lowest BCUT2D eigenvalue weighted by atomic mass is 9.98. The van der Waals surface area contributed by atoms with Crippen LogP contribution >= 0.6 is 11.6 Å². The molecule has 0 spiro atoms. The smallest absolute Gasteiger partial charge is 0.151 e. The number of rotatable bonds is 5. The first-order chi connectivity index (χ1) is 17.3. The van der Waals surface area contributed by atoms with Crippen molar-refractivity contribution in [3.8, 4) is 28.1 Å². The van der Waals surface area contributed by atoms with E-state index in [-0.39, 0.29) is 0 Å². The monoisotopic (exact) mass is 472 g/mol. The number of benzene rings is 4. The molecule has 0 radical (unpaired) electrons. The summed E-state index contributed by atoms with van der Waals surface area (Å²) in [6.07, 6.45) is 1.61. The molecule has 1 N–H and O–H groups in total. The van der Waals surface area contributed by atoms with Crippen molar-refractivity contribution in [2.24, 2.45) is 0 Å². The van der Waals surface area contributed by atoms with Crippen LogP contribution < -0.4 is 5.32 Å². The second-order valence-corrected chi connectivity index (χ2v) is 8.62. The van der Waals surface area contributed by atoms with Crippen molar-refractivity contribution >= 4 is 34.1 Å². The van der Waals surface area contributed by atoms with Gasteiger partial charge in [0.15, 0.2) is 5.65 Å². The number of anilines is 2. The average Bonchev–Trinajstić information content (AvgIpc) is 3.27. The zero-order chi connectivity index (χ0) is 23.6. The fourth-order valence-electron chi connectivity index (χ4n) is 4.46. The molecule has 0 aliphatic rings. The highest BCUT2D eigenvalue weighted by molar-refractivity contribution is 6.30. The van der Waals surface area contributed by atoms with E-state index >= 15 is 0 Å². The fourth-order valence-corrected chi connectivity index (χ4v) is 4.59. The Labute approximate surface area is 208 Å². The summed E-state index contributed by atoms with van der Waals surface area (Å²) in [5.41, 5.74) is 7.06. The van der Waals surface area contributed by atoms with E-state index in [1.807, 2.05) is 66.7 Å². The Bertz CT molecular complexity index is 1590. The summed E-state index contributed by atoms with van der Waals surface area (Å²) < 4.78 is 2.20. The maximum absolute atomic E-state index is 6.25. The van der Waals surface area contributed by atoms with E-state index in [1.54, 1.807) is 6.33 Å². The minimum Gasteiger partial charge on any atom is -0.340 e. The Morgan fingerprint density at radius 2 is 1.23 bits per heavy atom. The Hall–Kier alpha value is -4.41. The van der Waals surface area contributed by atoms with Crippen molar-refractivity contribution in [2.75, 3.05) is 5.32 Å². The topological polar surface area (TPSA) is 42.7 Å². The normalized spacial score (nSPS) is 11.0. The van der Waals surface area contributed by atoms with E-state index in [4.69, 9.17) is 16.6 Å². The van der Waals surface area contributed by atoms with Gasteiger partial charge in [0, 0.05) is 22.0 Å². The number of aromatic nitrogens is 3. The number of halogens is 1. The van der Waals surface area contributed by atoms with Crippen LogP contribution in [0, 0.1) is 0 Å². The first-order valence-electron chi connectivity index (χ1n) is 11.4. The van der Waals surface area contributed by atoms with Gasteiger partial charge in [-0.1, -0.05) is 90.5 Å². The molecule has 4 aromatic carbocycles. The molecule has 0 aliphatic heterocycles. The minimum absolute atomic E-state index is 0.691. The standard InChI is InChI=1S/C30H21ClN4/c31-23-16-18-25(19-17-23)35-28(22-12-6-2-7-13-22)26(21-10-4-1-5-11-21)27-29(32-20-33-30(27)35)34-24-14-8-3-9-15-24/h1-20H,(H,32,33,34). The Balaban J connectivity index is 1.75. The Morgan fingerprint density at radius 1 is 0.629 bits per heavy atom. The average molecular weight is 473 g/mol. The molecule has 0 saturated heterocycles. The summed E-state index contributed by atoms with van der Waals surface area (Å²) in [5.74, 6) is 0.755. The highest BCUT2D eigenvalue weighted by Gasteiger charge is 2.25.